The molecule has 112 valence electrons. The molecular weight excluding hydrogens is 274 g/mol. The van der Waals surface area contributed by atoms with Gasteiger partial charge in [-0.1, -0.05) is 32.0 Å². The molecule has 0 atom stereocenters. The Morgan fingerprint density at radius 1 is 1.33 bits per heavy atom. The lowest BCUT2D eigenvalue weighted by molar-refractivity contribution is -0.140. The summed E-state index contributed by atoms with van der Waals surface area (Å²) in [5, 5.41) is 16.5. The van der Waals surface area contributed by atoms with E-state index in [1.54, 1.807) is 24.3 Å². The van der Waals surface area contributed by atoms with Gasteiger partial charge in [0.25, 0.3) is 0 Å². The van der Waals surface area contributed by atoms with E-state index >= 15 is 0 Å². The van der Waals surface area contributed by atoms with Gasteiger partial charge in [-0.15, -0.1) is 0 Å². The highest BCUT2D eigenvalue weighted by atomic mass is 16.5. The molecule has 1 aromatic heterocycles. The molecule has 0 spiro atoms. The zero-order valence-electron chi connectivity index (χ0n) is 11.8. The second-order valence-electron chi connectivity index (χ2n) is 4.49. The highest BCUT2D eigenvalue weighted by molar-refractivity contribution is 6.03. The maximum Gasteiger partial charge on any atom is 0.341 e. The van der Waals surface area contributed by atoms with Gasteiger partial charge in [-0.3, -0.25) is 0 Å². The number of esters is 1. The Hall–Kier alpha value is -2.54. The van der Waals surface area contributed by atoms with Crippen LogP contribution < -0.4 is 5.73 Å². The Morgan fingerprint density at radius 3 is 2.57 bits per heavy atom. The van der Waals surface area contributed by atoms with Crippen molar-refractivity contribution in [3.8, 4) is 0 Å². The van der Waals surface area contributed by atoms with E-state index in [9.17, 15) is 9.59 Å². The van der Waals surface area contributed by atoms with Crippen molar-refractivity contribution >= 4 is 22.8 Å². The molecular formula is C14H17N3O4. The fraction of sp³-hybridized carbons (Fsp3) is 0.286. The van der Waals surface area contributed by atoms with Crippen molar-refractivity contribution in [2.24, 2.45) is 5.73 Å². The van der Waals surface area contributed by atoms with Crippen molar-refractivity contribution in [1.29, 1.82) is 0 Å². The minimum atomic E-state index is -1.20. The van der Waals surface area contributed by atoms with Gasteiger partial charge in [-0.05, 0) is 12.1 Å². The highest BCUT2D eigenvalue weighted by Gasteiger charge is 2.13. The Labute approximate surface area is 121 Å². The van der Waals surface area contributed by atoms with Crippen LogP contribution >= 0.6 is 0 Å². The number of carbonyl (C=O) groups excluding carboxylic acids is 1. The van der Waals surface area contributed by atoms with Crippen LogP contribution in [0.15, 0.2) is 30.5 Å². The van der Waals surface area contributed by atoms with E-state index in [-0.39, 0.29) is 5.56 Å². The van der Waals surface area contributed by atoms with Gasteiger partial charge in [0, 0.05) is 5.39 Å². The Morgan fingerprint density at radius 2 is 1.95 bits per heavy atom. The maximum absolute atomic E-state index is 11.6. The number of ether oxygens (including phenoxy) is 1. The van der Waals surface area contributed by atoms with Crippen LogP contribution in [0.4, 0.5) is 0 Å². The molecule has 0 saturated carbocycles. The number of rotatable bonds is 3. The van der Waals surface area contributed by atoms with Crippen molar-refractivity contribution in [1.82, 2.24) is 10.2 Å². The molecule has 7 nitrogen and oxygen atoms in total. The molecule has 21 heavy (non-hydrogen) atoms. The third kappa shape index (κ3) is 5.53. The van der Waals surface area contributed by atoms with E-state index in [1.807, 2.05) is 13.8 Å². The number of aromatic nitrogens is 2. The number of hydrogen-bond acceptors (Lipinski definition) is 6. The van der Waals surface area contributed by atoms with E-state index in [2.05, 4.69) is 14.9 Å². The summed E-state index contributed by atoms with van der Waals surface area (Å²) in [7, 11) is 0. The van der Waals surface area contributed by atoms with Crippen LogP contribution in [0.25, 0.3) is 10.9 Å². The van der Waals surface area contributed by atoms with Crippen molar-refractivity contribution in [2.45, 2.75) is 19.9 Å². The van der Waals surface area contributed by atoms with E-state index in [0.29, 0.717) is 16.9 Å². The Balaban J connectivity index is 0.000000491. The van der Waals surface area contributed by atoms with Crippen LogP contribution in [-0.4, -0.2) is 39.9 Å². The smallest absolute Gasteiger partial charge is 0.341 e. The highest BCUT2D eigenvalue weighted by Crippen LogP contribution is 2.15. The van der Waals surface area contributed by atoms with E-state index in [1.165, 1.54) is 6.20 Å². The second kappa shape index (κ2) is 7.91. The Bertz CT molecular complexity index is 620. The van der Waals surface area contributed by atoms with Gasteiger partial charge in [0.15, 0.2) is 6.61 Å². The van der Waals surface area contributed by atoms with Gasteiger partial charge in [0.2, 0.25) is 0 Å². The molecule has 0 saturated heterocycles. The molecule has 7 heteroatoms. The van der Waals surface area contributed by atoms with Crippen molar-refractivity contribution in [2.75, 3.05) is 6.61 Å². The maximum atomic E-state index is 11.6. The predicted molar refractivity (Wildman–Crippen MR) is 76.8 cm³/mol. The summed E-state index contributed by atoms with van der Waals surface area (Å²) in [5.74, 6) is -1.93. The fourth-order valence-corrected chi connectivity index (χ4v) is 1.37. The summed E-state index contributed by atoms with van der Waals surface area (Å²) in [6, 6.07) is 7.25. The molecule has 0 unspecified atom stereocenters. The van der Waals surface area contributed by atoms with Crippen LogP contribution in [0.3, 0.4) is 0 Å². The van der Waals surface area contributed by atoms with Crippen molar-refractivity contribution in [3.05, 3.63) is 36.0 Å². The average Bonchev–Trinajstić information content (AvgIpc) is 2.43. The molecule has 0 aliphatic heterocycles. The fourth-order valence-electron chi connectivity index (χ4n) is 1.37. The number of hydrogen-bond donors (Lipinski definition) is 2. The molecule has 3 N–H and O–H groups in total. The van der Waals surface area contributed by atoms with Gasteiger partial charge in [-0.2, -0.15) is 10.2 Å². The largest absolute Gasteiger partial charge is 0.479 e. The number of nitrogens with two attached hydrogens (primary N) is 1. The lowest BCUT2D eigenvalue weighted by atomic mass is 10.1. The zero-order valence-corrected chi connectivity index (χ0v) is 11.8. The Kier molecular flexibility index (Phi) is 6.22. The average molecular weight is 291 g/mol. The van der Waals surface area contributed by atoms with Gasteiger partial charge < -0.3 is 15.6 Å². The van der Waals surface area contributed by atoms with Gasteiger partial charge >= 0.3 is 11.9 Å². The lowest BCUT2D eigenvalue weighted by Gasteiger charge is -2.04. The SMILES string of the molecule is CC(C)N.O=C(O)COC(=O)c1cnnc2ccccc12. The molecule has 0 fully saturated rings. The minimum Gasteiger partial charge on any atom is -0.479 e. The second-order valence-corrected chi connectivity index (χ2v) is 4.49. The zero-order chi connectivity index (χ0) is 15.8. The van der Waals surface area contributed by atoms with Crippen LogP contribution in [0, 0.1) is 0 Å². The van der Waals surface area contributed by atoms with Crippen LogP contribution in [-0.2, 0) is 9.53 Å². The summed E-state index contributed by atoms with van der Waals surface area (Å²) >= 11 is 0. The molecule has 0 aliphatic carbocycles. The van der Waals surface area contributed by atoms with E-state index in [4.69, 9.17) is 10.8 Å². The molecule has 0 radical (unpaired) electrons. The molecule has 2 rings (SSSR count). The van der Waals surface area contributed by atoms with Crippen LogP contribution in [0.2, 0.25) is 0 Å². The lowest BCUT2D eigenvalue weighted by Crippen LogP contribution is -2.13. The summed E-state index contributed by atoms with van der Waals surface area (Å²) in [5.41, 5.74) is 5.87. The number of aliphatic carboxylic acids is 1. The molecule has 0 bridgehead atoms. The summed E-state index contributed by atoms with van der Waals surface area (Å²) in [6.07, 6.45) is 1.26. The van der Waals surface area contributed by atoms with Crippen molar-refractivity contribution in [3.63, 3.8) is 0 Å². The first kappa shape index (κ1) is 16.5. The minimum absolute atomic E-state index is 0.205. The number of carbonyl (C=O) groups is 2. The first-order chi connectivity index (χ1) is 9.91. The van der Waals surface area contributed by atoms with Gasteiger partial charge in [0.1, 0.15) is 0 Å². The van der Waals surface area contributed by atoms with Crippen molar-refractivity contribution < 1.29 is 19.4 Å². The third-order valence-electron chi connectivity index (χ3n) is 2.09. The van der Waals surface area contributed by atoms with E-state index < -0.39 is 18.5 Å². The molecule has 0 amide bonds. The van der Waals surface area contributed by atoms with Crippen LogP contribution in [0.5, 0.6) is 0 Å². The van der Waals surface area contributed by atoms with Gasteiger partial charge in [-0.25, -0.2) is 9.59 Å². The topological polar surface area (TPSA) is 115 Å². The number of carboxylic acids is 1. The van der Waals surface area contributed by atoms with Gasteiger partial charge in [0.05, 0.1) is 17.3 Å². The quantitative estimate of drug-likeness (QED) is 0.817. The first-order valence-corrected chi connectivity index (χ1v) is 6.26. The molecule has 2 aromatic rings. The predicted octanol–water partition coefficient (Wildman–Crippen LogP) is 1.22. The molecule has 1 heterocycles. The number of benzene rings is 1. The molecule has 1 aromatic carbocycles. The summed E-state index contributed by atoms with van der Waals surface area (Å²) in [4.78, 5) is 21.9. The number of fused-ring (bicyclic) bond motifs is 1. The monoisotopic (exact) mass is 291 g/mol. The van der Waals surface area contributed by atoms with E-state index in [0.717, 1.165) is 0 Å². The molecule has 0 aliphatic rings. The summed E-state index contributed by atoms with van der Waals surface area (Å²) < 4.78 is 4.59. The standard InChI is InChI=1S/C11H8N2O4.C3H9N/c14-10(15)6-17-11(16)8-5-12-13-9-4-2-1-3-7(8)9;1-3(2)4/h1-5H,6H2,(H,14,15);3H,4H2,1-2H3. The first-order valence-electron chi connectivity index (χ1n) is 6.26. The summed E-state index contributed by atoms with van der Waals surface area (Å²) in [6.45, 7) is 3.22. The van der Waals surface area contributed by atoms with Crippen LogP contribution in [0.1, 0.15) is 24.2 Å². The third-order valence-corrected chi connectivity index (χ3v) is 2.09. The normalized spacial score (nSPS) is 9.90. The number of nitrogens with zero attached hydrogens (tertiary/aromatic N) is 2. The number of carboxylic acid groups (broad SMARTS) is 1.